The van der Waals surface area contributed by atoms with Crippen LogP contribution in [0.25, 0.3) is 5.57 Å². The number of aliphatic hydroxyl groups excluding tert-OH is 1. The highest BCUT2D eigenvalue weighted by Gasteiger charge is 2.31. The molecular weight excluding hydrogens is 334 g/mol. The van der Waals surface area contributed by atoms with Crippen molar-refractivity contribution >= 4 is 34.8 Å². The van der Waals surface area contributed by atoms with Gasteiger partial charge in [0.25, 0.3) is 0 Å². The van der Waals surface area contributed by atoms with Crippen LogP contribution in [0.4, 0.5) is 11.4 Å². The number of halogens is 1. The zero-order chi connectivity index (χ0) is 17.9. The first-order valence-electron chi connectivity index (χ1n) is 8.15. The van der Waals surface area contributed by atoms with Crippen molar-refractivity contribution in [1.29, 1.82) is 0 Å². The van der Waals surface area contributed by atoms with E-state index in [9.17, 15) is 9.90 Å². The molecule has 25 heavy (non-hydrogen) atoms. The van der Waals surface area contributed by atoms with E-state index in [1.54, 1.807) is 0 Å². The molecule has 2 aromatic rings. The Morgan fingerprint density at radius 3 is 2.52 bits per heavy atom. The second-order valence-corrected chi connectivity index (χ2v) is 7.07. The average Bonchev–Trinajstić information content (AvgIpc) is 2.62. The number of aldehydes is 1. The number of nitrogens with one attached hydrogen (secondary N) is 1. The van der Waals surface area contributed by atoms with Gasteiger partial charge in [0.15, 0.2) is 0 Å². The lowest BCUT2D eigenvalue weighted by Gasteiger charge is -2.27. The first-order valence-corrected chi connectivity index (χ1v) is 8.53. The van der Waals surface area contributed by atoms with Gasteiger partial charge in [-0.15, -0.1) is 11.6 Å². The third-order valence-electron chi connectivity index (χ3n) is 4.41. The average molecular weight is 354 g/mol. The molecule has 0 amide bonds. The SMILES string of the molecule is CC1(Cl)C=C(c2ccccc2Nc2ccccc2CO)C=CC1C=O. The quantitative estimate of drug-likeness (QED) is 0.605. The van der Waals surface area contributed by atoms with Crippen molar-refractivity contribution in [2.24, 2.45) is 5.92 Å². The number of carbonyl (C=O) groups excluding carboxylic acids is 1. The fourth-order valence-corrected chi connectivity index (χ4v) is 3.20. The van der Waals surface area contributed by atoms with Gasteiger partial charge in [-0.2, -0.15) is 0 Å². The summed E-state index contributed by atoms with van der Waals surface area (Å²) >= 11 is 6.53. The molecule has 4 heteroatoms. The monoisotopic (exact) mass is 353 g/mol. The lowest BCUT2D eigenvalue weighted by Crippen LogP contribution is -2.28. The minimum Gasteiger partial charge on any atom is -0.392 e. The molecule has 0 spiro atoms. The Balaban J connectivity index is 1.99. The Kier molecular flexibility index (Phi) is 5.07. The minimum atomic E-state index is -0.748. The number of aliphatic hydroxyl groups is 1. The van der Waals surface area contributed by atoms with Crippen molar-refractivity contribution in [2.75, 3.05) is 5.32 Å². The Morgan fingerprint density at radius 1 is 1.16 bits per heavy atom. The standard InChI is InChI=1S/C21H20ClNO2/c1-21(22)12-15(10-11-17(21)14-25)18-7-3-5-9-20(18)23-19-8-4-2-6-16(19)13-24/h2-12,14,17,23-24H,13H2,1H3. The summed E-state index contributed by atoms with van der Waals surface area (Å²) in [4.78, 5) is 10.4. The van der Waals surface area contributed by atoms with Crippen molar-refractivity contribution in [2.45, 2.75) is 18.4 Å². The topological polar surface area (TPSA) is 49.3 Å². The molecule has 0 saturated heterocycles. The lowest BCUT2D eigenvalue weighted by molar-refractivity contribution is -0.110. The first-order chi connectivity index (χ1) is 12.0. The number of anilines is 2. The minimum absolute atomic E-state index is 0.0330. The fraction of sp³-hybridized carbons (Fsp3) is 0.190. The van der Waals surface area contributed by atoms with E-state index in [-0.39, 0.29) is 12.5 Å². The van der Waals surface area contributed by atoms with E-state index in [1.807, 2.05) is 73.7 Å². The van der Waals surface area contributed by atoms with Crippen LogP contribution in [0.3, 0.4) is 0 Å². The highest BCUT2D eigenvalue weighted by molar-refractivity contribution is 6.27. The van der Waals surface area contributed by atoms with Crippen LogP contribution < -0.4 is 5.32 Å². The van der Waals surface area contributed by atoms with Gasteiger partial charge in [0, 0.05) is 22.5 Å². The molecule has 2 unspecified atom stereocenters. The summed E-state index contributed by atoms with van der Waals surface area (Å²) in [6.07, 6.45) is 6.57. The Labute approximate surface area is 152 Å². The van der Waals surface area contributed by atoms with E-state index in [4.69, 9.17) is 11.6 Å². The second kappa shape index (κ2) is 7.26. The van der Waals surface area contributed by atoms with Crippen molar-refractivity contribution < 1.29 is 9.90 Å². The van der Waals surface area contributed by atoms with E-state index < -0.39 is 4.87 Å². The molecule has 0 fully saturated rings. The molecular formula is C21H20ClNO2. The van der Waals surface area contributed by atoms with Gasteiger partial charge in [-0.25, -0.2) is 0 Å². The number of rotatable bonds is 5. The molecule has 128 valence electrons. The summed E-state index contributed by atoms with van der Waals surface area (Å²) in [7, 11) is 0. The third kappa shape index (κ3) is 3.68. The molecule has 0 heterocycles. The van der Waals surface area contributed by atoms with Crippen LogP contribution in [-0.4, -0.2) is 16.3 Å². The normalized spacial score (nSPS) is 22.4. The Morgan fingerprint density at radius 2 is 1.84 bits per heavy atom. The summed E-state index contributed by atoms with van der Waals surface area (Å²) in [6.45, 7) is 1.81. The number of hydrogen-bond donors (Lipinski definition) is 2. The molecule has 1 aliphatic rings. The summed E-state index contributed by atoms with van der Waals surface area (Å²) in [5, 5.41) is 12.9. The highest BCUT2D eigenvalue weighted by atomic mass is 35.5. The molecule has 2 N–H and O–H groups in total. The molecule has 3 rings (SSSR count). The van der Waals surface area contributed by atoms with Gasteiger partial charge in [-0.1, -0.05) is 54.6 Å². The van der Waals surface area contributed by atoms with Crippen LogP contribution >= 0.6 is 11.6 Å². The molecule has 2 aromatic carbocycles. The number of hydrogen-bond acceptors (Lipinski definition) is 3. The van der Waals surface area contributed by atoms with Gasteiger partial charge in [-0.05, 0) is 24.6 Å². The van der Waals surface area contributed by atoms with Crippen molar-refractivity contribution in [3.05, 3.63) is 77.9 Å². The van der Waals surface area contributed by atoms with E-state index in [0.717, 1.165) is 34.4 Å². The molecule has 0 aliphatic heterocycles. The van der Waals surface area contributed by atoms with Gasteiger partial charge >= 0.3 is 0 Å². The summed E-state index contributed by atoms with van der Waals surface area (Å²) < 4.78 is 0. The molecule has 0 radical (unpaired) electrons. The Hall–Kier alpha value is -2.36. The largest absolute Gasteiger partial charge is 0.392 e. The fourth-order valence-electron chi connectivity index (χ4n) is 2.96. The van der Waals surface area contributed by atoms with Crippen LogP contribution in [0.15, 0.2) is 66.8 Å². The molecule has 1 aliphatic carbocycles. The lowest BCUT2D eigenvalue weighted by atomic mass is 9.85. The zero-order valence-corrected chi connectivity index (χ0v) is 14.7. The predicted octanol–water partition coefficient (Wildman–Crippen LogP) is 4.69. The maximum Gasteiger partial charge on any atom is 0.128 e. The number of benzene rings is 2. The van der Waals surface area contributed by atoms with E-state index in [0.29, 0.717) is 0 Å². The van der Waals surface area contributed by atoms with Gasteiger partial charge in [0.05, 0.1) is 17.4 Å². The third-order valence-corrected chi connectivity index (χ3v) is 4.78. The van der Waals surface area contributed by atoms with Crippen LogP contribution in [0, 0.1) is 5.92 Å². The maximum absolute atomic E-state index is 11.2. The Bertz CT molecular complexity index is 839. The van der Waals surface area contributed by atoms with Crippen molar-refractivity contribution in [1.82, 2.24) is 0 Å². The highest BCUT2D eigenvalue weighted by Crippen LogP contribution is 2.38. The zero-order valence-electron chi connectivity index (χ0n) is 13.9. The molecule has 0 saturated carbocycles. The summed E-state index contributed by atoms with van der Waals surface area (Å²) in [6, 6.07) is 15.5. The maximum atomic E-state index is 11.2. The van der Waals surface area contributed by atoms with Gasteiger partial charge in [-0.3, -0.25) is 0 Å². The van der Waals surface area contributed by atoms with Crippen molar-refractivity contribution in [3.63, 3.8) is 0 Å². The second-order valence-electron chi connectivity index (χ2n) is 6.26. The van der Waals surface area contributed by atoms with Gasteiger partial charge in [0.1, 0.15) is 6.29 Å². The molecule has 0 bridgehead atoms. The number of allylic oxidation sites excluding steroid dienone is 4. The predicted molar refractivity (Wildman–Crippen MR) is 103 cm³/mol. The molecule has 3 nitrogen and oxygen atoms in total. The van der Waals surface area contributed by atoms with E-state index in [1.165, 1.54) is 0 Å². The van der Waals surface area contributed by atoms with E-state index >= 15 is 0 Å². The van der Waals surface area contributed by atoms with E-state index in [2.05, 4.69) is 5.32 Å². The van der Waals surface area contributed by atoms with Gasteiger partial charge < -0.3 is 15.2 Å². The molecule has 0 aromatic heterocycles. The summed E-state index contributed by atoms with van der Waals surface area (Å²) in [5.74, 6) is -0.340. The molecule has 2 atom stereocenters. The van der Waals surface area contributed by atoms with Crippen molar-refractivity contribution in [3.8, 4) is 0 Å². The number of para-hydroxylation sites is 2. The van der Waals surface area contributed by atoms with Crippen LogP contribution in [0.5, 0.6) is 0 Å². The number of carbonyl (C=O) groups is 1. The van der Waals surface area contributed by atoms with Gasteiger partial charge in [0.2, 0.25) is 0 Å². The summed E-state index contributed by atoms with van der Waals surface area (Å²) in [5.41, 5.74) is 4.55. The van der Waals surface area contributed by atoms with Crippen LogP contribution in [-0.2, 0) is 11.4 Å². The van der Waals surface area contributed by atoms with Crippen LogP contribution in [0.1, 0.15) is 18.1 Å². The number of alkyl halides is 1. The smallest absolute Gasteiger partial charge is 0.128 e. The first kappa shape index (κ1) is 17.5. The van der Waals surface area contributed by atoms with Crippen LogP contribution in [0.2, 0.25) is 0 Å².